The largest absolute Gasteiger partial charge is 0.486 e. The van der Waals surface area contributed by atoms with Gasteiger partial charge in [-0.2, -0.15) is 5.10 Å². The number of nitrogens with one attached hydrogen (secondary N) is 1. The number of hydrogen-bond acceptors (Lipinski definition) is 5. The zero-order valence-electron chi connectivity index (χ0n) is 19.2. The maximum atomic E-state index is 12.8. The SMILES string of the molecule is Cc1cccn2cc(COc3ccccc3C(=O)NCCCn3nc4n(c3=O)CCCC4)nc12. The number of imidazole rings is 1. The molecule has 0 unspecified atom stereocenters. The Hall–Kier alpha value is -3.88. The summed E-state index contributed by atoms with van der Waals surface area (Å²) in [7, 11) is 0. The highest BCUT2D eigenvalue weighted by Crippen LogP contribution is 2.20. The molecule has 0 radical (unpaired) electrons. The number of amides is 1. The van der Waals surface area contributed by atoms with Gasteiger partial charge in [-0.3, -0.25) is 9.36 Å². The van der Waals surface area contributed by atoms with E-state index in [4.69, 9.17) is 4.74 Å². The van der Waals surface area contributed by atoms with Crippen molar-refractivity contribution in [2.24, 2.45) is 0 Å². The summed E-state index contributed by atoms with van der Waals surface area (Å²) in [5.41, 5.74) is 3.19. The molecule has 1 aromatic carbocycles. The van der Waals surface area contributed by atoms with Gasteiger partial charge < -0.3 is 14.5 Å². The Morgan fingerprint density at radius 3 is 2.91 bits per heavy atom. The number of rotatable bonds is 8. The average Bonchev–Trinajstić information content (AvgIpc) is 3.42. The Morgan fingerprint density at radius 2 is 2.06 bits per heavy atom. The number of nitrogens with zero attached hydrogens (tertiary/aromatic N) is 5. The molecule has 0 atom stereocenters. The third-order valence-corrected chi connectivity index (χ3v) is 6.10. The number of hydrogen-bond donors (Lipinski definition) is 1. The molecule has 34 heavy (non-hydrogen) atoms. The van der Waals surface area contributed by atoms with Crippen LogP contribution in [0.1, 0.15) is 46.7 Å². The van der Waals surface area contributed by atoms with Crippen LogP contribution in [0.5, 0.6) is 5.75 Å². The molecule has 1 aliphatic rings. The van der Waals surface area contributed by atoms with Crippen LogP contribution in [0.25, 0.3) is 5.65 Å². The number of benzene rings is 1. The van der Waals surface area contributed by atoms with Crippen LogP contribution < -0.4 is 15.7 Å². The quantitative estimate of drug-likeness (QED) is 0.408. The second-order valence-corrected chi connectivity index (χ2v) is 8.58. The molecule has 4 heterocycles. The second-order valence-electron chi connectivity index (χ2n) is 8.58. The van der Waals surface area contributed by atoms with Crippen LogP contribution in [-0.4, -0.2) is 36.2 Å². The van der Waals surface area contributed by atoms with E-state index < -0.39 is 0 Å². The molecule has 4 aromatic rings. The van der Waals surface area contributed by atoms with Crippen molar-refractivity contribution >= 4 is 11.6 Å². The van der Waals surface area contributed by atoms with Gasteiger partial charge in [0, 0.05) is 38.4 Å². The number of carbonyl (C=O) groups excluding carboxylic acids is 1. The lowest BCUT2D eigenvalue weighted by Gasteiger charge is -2.11. The average molecular weight is 461 g/mol. The van der Waals surface area contributed by atoms with Crippen LogP contribution >= 0.6 is 0 Å². The third kappa shape index (κ3) is 4.46. The lowest BCUT2D eigenvalue weighted by Crippen LogP contribution is -2.29. The summed E-state index contributed by atoms with van der Waals surface area (Å²) in [6, 6.07) is 11.2. The zero-order chi connectivity index (χ0) is 23.5. The molecule has 0 spiro atoms. The predicted molar refractivity (Wildman–Crippen MR) is 127 cm³/mol. The first-order chi connectivity index (χ1) is 16.6. The Labute approximate surface area is 197 Å². The van der Waals surface area contributed by atoms with Crippen molar-refractivity contribution in [3.05, 3.63) is 81.9 Å². The Kier molecular flexibility index (Phi) is 6.16. The molecule has 0 saturated carbocycles. The standard InChI is InChI=1S/C25H28N6O3/c1-18-8-6-13-29-16-19(27-23(18)29)17-34-21-10-3-2-9-20(21)24(32)26-12-7-15-31-25(33)30-14-5-4-11-22(30)28-31/h2-3,6,8-10,13,16H,4-5,7,11-12,14-15,17H2,1H3,(H,26,32). The minimum atomic E-state index is -0.210. The van der Waals surface area contributed by atoms with Crippen molar-refractivity contribution in [2.45, 2.75) is 52.3 Å². The first-order valence-corrected chi connectivity index (χ1v) is 11.7. The van der Waals surface area contributed by atoms with Crippen molar-refractivity contribution in [3.63, 3.8) is 0 Å². The van der Waals surface area contributed by atoms with E-state index in [9.17, 15) is 9.59 Å². The van der Waals surface area contributed by atoms with E-state index in [-0.39, 0.29) is 18.2 Å². The molecule has 176 valence electrons. The fourth-order valence-corrected chi connectivity index (χ4v) is 4.33. The molecule has 9 heteroatoms. The van der Waals surface area contributed by atoms with Crippen molar-refractivity contribution in [2.75, 3.05) is 6.54 Å². The van der Waals surface area contributed by atoms with Gasteiger partial charge >= 0.3 is 5.69 Å². The number of carbonyl (C=O) groups is 1. The monoisotopic (exact) mass is 460 g/mol. The van der Waals surface area contributed by atoms with Gasteiger partial charge in [0.2, 0.25) is 0 Å². The summed E-state index contributed by atoms with van der Waals surface area (Å²) >= 11 is 0. The number of aryl methyl sites for hydroxylation is 3. The third-order valence-electron chi connectivity index (χ3n) is 6.10. The van der Waals surface area contributed by atoms with Crippen LogP contribution in [-0.2, 0) is 26.1 Å². The van der Waals surface area contributed by atoms with Crippen LogP contribution in [0.4, 0.5) is 0 Å². The van der Waals surface area contributed by atoms with E-state index in [0.717, 1.165) is 48.5 Å². The summed E-state index contributed by atoms with van der Waals surface area (Å²) in [5, 5.41) is 7.37. The first-order valence-electron chi connectivity index (χ1n) is 11.7. The fraction of sp³-hybridized carbons (Fsp3) is 0.360. The van der Waals surface area contributed by atoms with E-state index in [2.05, 4.69) is 15.4 Å². The number of para-hydroxylation sites is 1. The zero-order valence-corrected chi connectivity index (χ0v) is 19.2. The van der Waals surface area contributed by atoms with Crippen molar-refractivity contribution in [1.29, 1.82) is 0 Å². The van der Waals surface area contributed by atoms with E-state index in [1.54, 1.807) is 16.7 Å². The van der Waals surface area contributed by atoms with Crippen LogP contribution in [0.3, 0.4) is 0 Å². The Bertz CT molecular complexity index is 1380. The van der Waals surface area contributed by atoms with Crippen LogP contribution in [0, 0.1) is 6.92 Å². The van der Waals surface area contributed by atoms with Gasteiger partial charge in [0.15, 0.2) is 0 Å². The van der Waals surface area contributed by atoms with E-state index in [0.29, 0.717) is 30.8 Å². The van der Waals surface area contributed by atoms with Gasteiger partial charge in [-0.1, -0.05) is 18.2 Å². The second kappa shape index (κ2) is 9.54. The Morgan fingerprint density at radius 1 is 1.18 bits per heavy atom. The number of pyridine rings is 1. The van der Waals surface area contributed by atoms with Crippen molar-refractivity contribution in [3.8, 4) is 5.75 Å². The molecular weight excluding hydrogens is 432 g/mol. The normalized spacial score (nSPS) is 13.1. The highest BCUT2D eigenvalue weighted by Gasteiger charge is 2.17. The molecule has 1 aliphatic heterocycles. The molecule has 5 rings (SSSR count). The van der Waals surface area contributed by atoms with E-state index in [1.807, 2.05) is 48.0 Å². The number of aromatic nitrogens is 5. The molecule has 9 nitrogen and oxygen atoms in total. The maximum Gasteiger partial charge on any atom is 0.345 e. The van der Waals surface area contributed by atoms with E-state index in [1.165, 1.54) is 4.68 Å². The van der Waals surface area contributed by atoms with Gasteiger partial charge in [-0.15, -0.1) is 0 Å². The van der Waals surface area contributed by atoms with E-state index >= 15 is 0 Å². The fourth-order valence-electron chi connectivity index (χ4n) is 4.33. The van der Waals surface area contributed by atoms with Gasteiger partial charge in [0.05, 0.1) is 11.3 Å². The van der Waals surface area contributed by atoms with Gasteiger partial charge in [0.1, 0.15) is 23.8 Å². The number of fused-ring (bicyclic) bond motifs is 2. The van der Waals surface area contributed by atoms with Crippen LogP contribution in [0.15, 0.2) is 53.6 Å². The molecule has 1 N–H and O–H groups in total. The first kappa shape index (κ1) is 21.9. The minimum absolute atomic E-state index is 0.0538. The summed E-state index contributed by atoms with van der Waals surface area (Å²) < 4.78 is 11.2. The Balaban J connectivity index is 1.17. The summed E-state index contributed by atoms with van der Waals surface area (Å²) in [4.78, 5) is 29.9. The molecule has 0 fully saturated rings. The summed E-state index contributed by atoms with van der Waals surface area (Å²) in [6.45, 7) is 3.94. The molecule has 0 aliphatic carbocycles. The molecule has 3 aromatic heterocycles. The highest BCUT2D eigenvalue weighted by molar-refractivity contribution is 5.96. The lowest BCUT2D eigenvalue weighted by molar-refractivity contribution is 0.0948. The highest BCUT2D eigenvalue weighted by atomic mass is 16.5. The number of ether oxygens (including phenoxy) is 1. The molecule has 1 amide bonds. The molecule has 0 saturated heterocycles. The van der Waals surface area contributed by atoms with Gasteiger partial charge in [0.25, 0.3) is 5.91 Å². The minimum Gasteiger partial charge on any atom is -0.486 e. The predicted octanol–water partition coefficient (Wildman–Crippen LogP) is 2.74. The van der Waals surface area contributed by atoms with Crippen molar-refractivity contribution in [1.82, 2.24) is 29.0 Å². The van der Waals surface area contributed by atoms with Gasteiger partial charge in [-0.25, -0.2) is 14.5 Å². The topological polar surface area (TPSA) is 95.5 Å². The molecule has 0 bridgehead atoms. The van der Waals surface area contributed by atoms with Crippen LogP contribution in [0.2, 0.25) is 0 Å². The summed E-state index contributed by atoms with van der Waals surface area (Å²) in [6.07, 6.45) is 7.45. The molecular formula is C25H28N6O3. The smallest absolute Gasteiger partial charge is 0.345 e. The lowest BCUT2D eigenvalue weighted by atomic mass is 10.2. The van der Waals surface area contributed by atoms with Gasteiger partial charge in [-0.05, 0) is 49.9 Å². The maximum absolute atomic E-state index is 12.8. The summed E-state index contributed by atoms with van der Waals surface area (Å²) in [5.74, 6) is 1.16. The van der Waals surface area contributed by atoms with Crippen molar-refractivity contribution < 1.29 is 9.53 Å².